The van der Waals surface area contributed by atoms with Gasteiger partial charge >= 0.3 is 0 Å². The molecule has 0 radical (unpaired) electrons. The van der Waals surface area contributed by atoms with E-state index in [1.165, 1.54) is 19.5 Å². The highest BCUT2D eigenvalue weighted by atomic mass is 32.1. The van der Waals surface area contributed by atoms with Gasteiger partial charge in [-0.05, 0) is 67.5 Å². The van der Waals surface area contributed by atoms with Gasteiger partial charge in [0.2, 0.25) is 11.8 Å². The molecule has 35 heavy (non-hydrogen) atoms. The van der Waals surface area contributed by atoms with E-state index in [0.717, 1.165) is 10.0 Å². The van der Waals surface area contributed by atoms with Crippen LogP contribution in [-0.4, -0.2) is 30.2 Å². The van der Waals surface area contributed by atoms with E-state index in [2.05, 4.69) is 79.1 Å². The number of aryl methyl sites for hydroxylation is 10. The summed E-state index contributed by atoms with van der Waals surface area (Å²) in [5, 5.41) is 9.36. The van der Waals surface area contributed by atoms with Gasteiger partial charge in [-0.3, -0.25) is 0 Å². The first kappa shape index (κ1) is 30.3. The van der Waals surface area contributed by atoms with Crippen molar-refractivity contribution in [1.82, 2.24) is 30.2 Å². The summed E-state index contributed by atoms with van der Waals surface area (Å²) in [4.78, 5) is 21.1. The van der Waals surface area contributed by atoms with E-state index in [4.69, 9.17) is 0 Å². The average Bonchev–Trinajstić information content (AvgIpc) is 3.59. The van der Waals surface area contributed by atoms with Crippen molar-refractivity contribution in [3.8, 4) is 0 Å². The van der Waals surface area contributed by atoms with Gasteiger partial charge in [0.15, 0.2) is 11.6 Å². The van der Waals surface area contributed by atoms with Crippen LogP contribution in [0.25, 0.3) is 0 Å². The average molecular weight is 535 g/mol. The van der Waals surface area contributed by atoms with Crippen molar-refractivity contribution in [1.29, 1.82) is 0 Å². The molecular weight excluding hydrogens is 501 g/mol. The Morgan fingerprint density at radius 3 is 0.971 bits per heavy atom. The molecule has 0 fully saturated rings. The lowest BCUT2D eigenvalue weighted by atomic mass is 10.5. The van der Waals surface area contributed by atoms with Crippen LogP contribution in [0.15, 0.2) is 33.6 Å². The summed E-state index contributed by atoms with van der Waals surface area (Å²) >= 11 is 5.31. The highest BCUT2D eigenvalue weighted by Gasteiger charge is 1.91. The lowest BCUT2D eigenvalue weighted by Crippen LogP contribution is -1.70. The minimum absolute atomic E-state index is 0.623. The second kappa shape index (κ2) is 16.0. The van der Waals surface area contributed by atoms with Crippen LogP contribution in [0.2, 0.25) is 0 Å². The first-order chi connectivity index (χ1) is 16.4. The van der Waals surface area contributed by atoms with Gasteiger partial charge in [0.25, 0.3) is 0 Å². The van der Waals surface area contributed by atoms with Crippen molar-refractivity contribution in [2.75, 3.05) is 0 Å². The quantitative estimate of drug-likeness (QED) is 0.204. The predicted molar refractivity (Wildman–Crippen MR) is 145 cm³/mol. The number of nitrogens with zero attached hydrogens (tertiary/aromatic N) is 6. The van der Waals surface area contributed by atoms with E-state index < -0.39 is 0 Å². The van der Waals surface area contributed by atoms with Gasteiger partial charge in [-0.1, -0.05) is 10.3 Å². The molecule has 0 aliphatic rings. The van der Waals surface area contributed by atoms with Gasteiger partial charge in [0.1, 0.15) is 0 Å². The van der Waals surface area contributed by atoms with Crippen molar-refractivity contribution in [3.63, 3.8) is 0 Å². The minimum atomic E-state index is 0.623. The van der Waals surface area contributed by atoms with Gasteiger partial charge < -0.3 is 9.05 Å². The highest BCUT2D eigenvalue weighted by molar-refractivity contribution is 7.12. The summed E-state index contributed by atoms with van der Waals surface area (Å²) in [6.07, 6.45) is 3.78. The van der Waals surface area contributed by atoms with Gasteiger partial charge in [0.05, 0.1) is 10.0 Å². The van der Waals surface area contributed by atoms with E-state index in [0.29, 0.717) is 23.4 Å². The topological polar surface area (TPSA) is 104 Å². The fourth-order valence-corrected chi connectivity index (χ4v) is 4.43. The Morgan fingerprint density at radius 2 is 0.886 bits per heavy atom. The molecule has 0 N–H and O–H groups in total. The third-order valence-electron chi connectivity index (χ3n) is 3.61. The third kappa shape index (κ3) is 15.0. The van der Waals surface area contributed by atoms with E-state index in [9.17, 15) is 0 Å². The molecule has 8 nitrogen and oxygen atoms in total. The predicted octanol–water partition coefficient (Wildman–Crippen LogP) is 7.26. The third-order valence-corrected chi connectivity index (χ3v) is 6.18. The Balaban J connectivity index is 0.000000219. The molecule has 5 heterocycles. The Hall–Kier alpha value is -2.76. The molecule has 5 rings (SSSR count). The molecule has 5 aromatic heterocycles. The highest BCUT2D eigenvalue weighted by Crippen LogP contribution is 2.12. The normalized spacial score (nSPS) is 9.43. The largest absolute Gasteiger partial charge is 0.340 e. The minimum Gasteiger partial charge on any atom is -0.340 e. The molecule has 0 saturated heterocycles. The SMILES string of the molecule is Cc1ccc(C)s1.Cc1cnc(C)s1.Cc1cnc(C)s1.Cc1noc(C)n1.Cc1noc(C)n1. The monoisotopic (exact) mass is 534 g/mol. The number of hydrogen-bond donors (Lipinski definition) is 0. The van der Waals surface area contributed by atoms with Gasteiger partial charge in [-0.25, -0.2) is 9.97 Å². The fourth-order valence-electron chi connectivity index (χ4n) is 2.29. The maximum Gasteiger partial charge on any atom is 0.223 e. The van der Waals surface area contributed by atoms with Crippen LogP contribution in [0, 0.1) is 69.2 Å². The number of rotatable bonds is 0. The number of thiophene rings is 1. The molecule has 190 valence electrons. The van der Waals surface area contributed by atoms with Gasteiger partial charge in [0, 0.05) is 45.7 Å². The van der Waals surface area contributed by atoms with E-state index >= 15 is 0 Å². The number of thiazole rings is 2. The molecule has 0 bridgehead atoms. The van der Waals surface area contributed by atoms with Crippen molar-refractivity contribution >= 4 is 34.0 Å². The number of hydrogen-bond acceptors (Lipinski definition) is 11. The summed E-state index contributed by atoms with van der Waals surface area (Å²) in [6, 6.07) is 4.28. The summed E-state index contributed by atoms with van der Waals surface area (Å²) in [5.74, 6) is 2.63. The maximum absolute atomic E-state index is 4.60. The van der Waals surface area contributed by atoms with Crippen molar-refractivity contribution < 1.29 is 9.05 Å². The molecule has 0 aliphatic carbocycles. The molecule has 11 heteroatoms. The van der Waals surface area contributed by atoms with Crippen LogP contribution in [0.4, 0.5) is 0 Å². The number of aromatic nitrogens is 6. The fraction of sp³-hybridized carbons (Fsp3) is 0.417. The Labute approximate surface area is 219 Å². The van der Waals surface area contributed by atoms with Crippen molar-refractivity contribution in [2.45, 2.75) is 69.2 Å². The zero-order valence-electron chi connectivity index (χ0n) is 22.0. The van der Waals surface area contributed by atoms with E-state index in [1.807, 2.05) is 37.6 Å². The molecule has 0 aliphatic heterocycles. The summed E-state index contributed by atoms with van der Waals surface area (Å²) in [7, 11) is 0. The lowest BCUT2D eigenvalue weighted by Gasteiger charge is -1.71. The van der Waals surface area contributed by atoms with Crippen molar-refractivity contribution in [3.05, 3.63) is 77.5 Å². The molecular formula is C24H34N6O2S3. The zero-order chi connectivity index (χ0) is 26.4. The van der Waals surface area contributed by atoms with Crippen LogP contribution in [0.5, 0.6) is 0 Å². The molecule has 0 amide bonds. The van der Waals surface area contributed by atoms with Crippen LogP contribution >= 0.6 is 34.0 Å². The Morgan fingerprint density at radius 1 is 0.514 bits per heavy atom. The molecule has 0 spiro atoms. The van der Waals surface area contributed by atoms with E-state index in [1.54, 1.807) is 50.4 Å². The first-order valence-electron chi connectivity index (χ1n) is 10.8. The van der Waals surface area contributed by atoms with Crippen LogP contribution in [0.1, 0.15) is 53.0 Å². The second-order valence-corrected chi connectivity index (χ2v) is 11.7. The summed E-state index contributed by atoms with van der Waals surface area (Å²) in [6.45, 7) is 19.5. The van der Waals surface area contributed by atoms with Crippen molar-refractivity contribution in [2.24, 2.45) is 0 Å². The van der Waals surface area contributed by atoms with Crippen LogP contribution in [0.3, 0.4) is 0 Å². The summed E-state index contributed by atoms with van der Waals surface area (Å²) in [5.41, 5.74) is 0. The Bertz CT molecular complexity index is 931. The second-order valence-electron chi connectivity index (χ2n) is 7.36. The summed E-state index contributed by atoms with van der Waals surface area (Å²) < 4.78 is 9.21. The van der Waals surface area contributed by atoms with Crippen LogP contribution < -0.4 is 0 Å². The first-order valence-corrected chi connectivity index (χ1v) is 13.2. The molecule has 0 atom stereocenters. The Kier molecular flexibility index (Phi) is 13.8. The molecule has 0 unspecified atom stereocenters. The van der Waals surface area contributed by atoms with Gasteiger partial charge in [-0.15, -0.1) is 34.0 Å². The molecule has 0 aromatic carbocycles. The molecule has 0 saturated carbocycles. The lowest BCUT2D eigenvalue weighted by molar-refractivity contribution is 0.389. The van der Waals surface area contributed by atoms with E-state index in [-0.39, 0.29) is 0 Å². The smallest absolute Gasteiger partial charge is 0.223 e. The zero-order valence-corrected chi connectivity index (χ0v) is 24.5. The van der Waals surface area contributed by atoms with Crippen LogP contribution in [-0.2, 0) is 0 Å². The van der Waals surface area contributed by atoms with Gasteiger partial charge in [-0.2, -0.15) is 9.97 Å². The maximum atomic E-state index is 4.60. The standard InChI is InChI=1S/C6H8S.2C5H7NS.2C4H6N2O/c1-5-3-4-6(2)7-5;2*1-4-3-6-5(2)7-4;2*1-3-5-4(2)7-6-3/h3-4H,1-2H3;2*3H,1-2H3;2*1-2H3. The molecule has 5 aromatic rings.